The summed E-state index contributed by atoms with van der Waals surface area (Å²) in [7, 11) is 0. The molecule has 0 atom stereocenters. The number of fused-ring (bicyclic) bond motifs is 1. The molecule has 0 N–H and O–H groups in total. The van der Waals surface area contributed by atoms with Crippen LogP contribution >= 0.6 is 0 Å². The summed E-state index contributed by atoms with van der Waals surface area (Å²) >= 11 is 0. The summed E-state index contributed by atoms with van der Waals surface area (Å²) in [6.45, 7) is 9.36. The van der Waals surface area contributed by atoms with Gasteiger partial charge in [0.05, 0.1) is 30.0 Å². The van der Waals surface area contributed by atoms with Gasteiger partial charge in [0.2, 0.25) is 0 Å². The van der Waals surface area contributed by atoms with Crippen LogP contribution in [0.15, 0.2) is 29.4 Å². The number of aromatic nitrogens is 1. The van der Waals surface area contributed by atoms with E-state index in [-0.39, 0.29) is 0 Å². The Bertz CT molecular complexity index is 713. The maximum atomic E-state index is 10.7. The Kier molecular flexibility index (Phi) is 6.88. The number of hydrogen-bond donors (Lipinski definition) is 0. The minimum Gasteiger partial charge on any atom is -0.493 e. The van der Waals surface area contributed by atoms with Gasteiger partial charge in [-0.2, -0.15) is 4.91 Å². The van der Waals surface area contributed by atoms with E-state index in [1.54, 1.807) is 0 Å². The highest BCUT2D eigenvalue weighted by Gasteiger charge is 2.18. The topological polar surface area (TPSA) is 60.8 Å². The molecule has 0 amide bonds. The van der Waals surface area contributed by atoms with Crippen LogP contribution in [0.25, 0.3) is 10.9 Å². The van der Waals surface area contributed by atoms with Crippen molar-refractivity contribution < 1.29 is 9.47 Å². The second-order valence-electron chi connectivity index (χ2n) is 6.94. The largest absolute Gasteiger partial charge is 0.493 e. The molecule has 1 aromatic heterocycles. The van der Waals surface area contributed by atoms with Crippen LogP contribution < -0.4 is 4.74 Å². The van der Waals surface area contributed by atoms with Gasteiger partial charge >= 0.3 is 0 Å². The Labute approximate surface area is 149 Å². The summed E-state index contributed by atoms with van der Waals surface area (Å²) in [6, 6.07) is 8.01. The zero-order chi connectivity index (χ0) is 18.3. The molecule has 0 aliphatic carbocycles. The predicted molar refractivity (Wildman–Crippen MR) is 101 cm³/mol. The number of benzene rings is 1. The number of nitrogens with zero attached hydrogens (tertiary/aromatic N) is 2. The van der Waals surface area contributed by atoms with Crippen molar-refractivity contribution in [3.8, 4) is 5.75 Å². The smallest absolute Gasteiger partial charge is 0.133 e. The Morgan fingerprint density at radius 3 is 2.68 bits per heavy atom. The molecular formula is C20H28N2O3. The zero-order valence-corrected chi connectivity index (χ0v) is 15.7. The average Bonchev–Trinajstić information content (AvgIpc) is 2.61. The fraction of sp³-hybridized carbons (Fsp3) is 0.550. The van der Waals surface area contributed by atoms with Crippen molar-refractivity contribution in [3.05, 3.63) is 40.4 Å². The summed E-state index contributed by atoms with van der Waals surface area (Å²) in [5, 5.41) is 4.15. The fourth-order valence-electron chi connectivity index (χ4n) is 2.51. The van der Waals surface area contributed by atoms with E-state index in [0.29, 0.717) is 26.2 Å². The van der Waals surface area contributed by atoms with Crippen LogP contribution in [0, 0.1) is 11.8 Å². The molecule has 2 rings (SSSR count). The Balaban J connectivity index is 2.16. The molecule has 0 saturated heterocycles. The van der Waals surface area contributed by atoms with Crippen molar-refractivity contribution in [2.45, 2.75) is 59.1 Å². The van der Waals surface area contributed by atoms with Crippen LogP contribution in [0.5, 0.6) is 5.75 Å². The lowest BCUT2D eigenvalue weighted by molar-refractivity contribution is 0.104. The lowest BCUT2D eigenvalue weighted by atomic mass is 10.0. The molecule has 5 heteroatoms. The fourth-order valence-corrected chi connectivity index (χ4v) is 2.51. The van der Waals surface area contributed by atoms with E-state index in [4.69, 9.17) is 14.5 Å². The third-order valence-corrected chi connectivity index (χ3v) is 4.27. The first-order valence-electron chi connectivity index (χ1n) is 8.92. The van der Waals surface area contributed by atoms with Gasteiger partial charge in [-0.25, -0.2) is 4.98 Å². The predicted octanol–water partition coefficient (Wildman–Crippen LogP) is 5.17. The summed E-state index contributed by atoms with van der Waals surface area (Å²) in [4.78, 5) is 15.5. The molecule has 1 heterocycles. The van der Waals surface area contributed by atoms with Crippen molar-refractivity contribution in [3.63, 3.8) is 0 Å². The van der Waals surface area contributed by atoms with Gasteiger partial charge in [0.25, 0.3) is 0 Å². The number of nitroso groups, excluding NO2 is 1. The van der Waals surface area contributed by atoms with E-state index in [1.807, 2.05) is 45.0 Å². The van der Waals surface area contributed by atoms with Gasteiger partial charge < -0.3 is 9.47 Å². The maximum Gasteiger partial charge on any atom is 0.133 e. The Morgan fingerprint density at radius 1 is 1.20 bits per heavy atom. The van der Waals surface area contributed by atoms with Gasteiger partial charge in [-0.3, -0.25) is 0 Å². The van der Waals surface area contributed by atoms with Crippen molar-refractivity contribution in [1.82, 2.24) is 4.98 Å². The average molecular weight is 344 g/mol. The zero-order valence-electron chi connectivity index (χ0n) is 15.7. The van der Waals surface area contributed by atoms with Gasteiger partial charge in [-0.1, -0.05) is 30.7 Å². The summed E-state index contributed by atoms with van der Waals surface area (Å²) in [6.07, 6.45) is 2.71. The van der Waals surface area contributed by atoms with Crippen molar-refractivity contribution in [2.24, 2.45) is 5.18 Å². The van der Waals surface area contributed by atoms with Crippen molar-refractivity contribution >= 4 is 10.9 Å². The Morgan fingerprint density at radius 2 is 1.96 bits per heavy atom. The van der Waals surface area contributed by atoms with Crippen LogP contribution in [0.3, 0.4) is 0 Å². The first-order valence-corrected chi connectivity index (χ1v) is 8.92. The first-order chi connectivity index (χ1) is 12.0. The monoisotopic (exact) mass is 344 g/mol. The molecule has 0 fully saturated rings. The molecule has 2 aromatic rings. The van der Waals surface area contributed by atoms with Crippen LogP contribution in [-0.2, 0) is 11.3 Å². The summed E-state index contributed by atoms with van der Waals surface area (Å²) < 4.78 is 11.8. The number of hydrogen-bond acceptors (Lipinski definition) is 5. The molecule has 0 bridgehead atoms. The number of rotatable bonds is 10. The molecule has 0 aliphatic heterocycles. The molecule has 0 saturated carbocycles. The highest BCUT2D eigenvalue weighted by atomic mass is 16.5. The van der Waals surface area contributed by atoms with Crippen LogP contribution in [-0.4, -0.2) is 23.7 Å². The van der Waals surface area contributed by atoms with E-state index in [0.717, 1.165) is 40.8 Å². The van der Waals surface area contributed by atoms with Gasteiger partial charge in [-0.15, -0.1) is 0 Å². The van der Waals surface area contributed by atoms with E-state index in [1.165, 1.54) is 0 Å². The van der Waals surface area contributed by atoms with Crippen LogP contribution in [0.4, 0.5) is 0 Å². The summed E-state index contributed by atoms with van der Waals surface area (Å²) in [5.74, 6) is 0.896. The molecule has 136 valence electrons. The maximum absolute atomic E-state index is 10.7. The molecule has 5 nitrogen and oxygen atoms in total. The molecular weight excluding hydrogens is 316 g/mol. The van der Waals surface area contributed by atoms with E-state index < -0.39 is 5.54 Å². The highest BCUT2D eigenvalue weighted by molar-refractivity contribution is 5.86. The third kappa shape index (κ3) is 5.23. The number of pyridine rings is 1. The van der Waals surface area contributed by atoms with E-state index >= 15 is 0 Å². The Hall–Kier alpha value is -2.01. The molecule has 1 aromatic carbocycles. The first kappa shape index (κ1) is 19.3. The second-order valence-corrected chi connectivity index (χ2v) is 6.94. The second kappa shape index (κ2) is 8.90. The molecule has 0 aliphatic rings. The van der Waals surface area contributed by atoms with Gasteiger partial charge in [0.15, 0.2) is 0 Å². The molecule has 0 spiro atoms. The van der Waals surface area contributed by atoms with Crippen LogP contribution in [0.1, 0.15) is 51.3 Å². The SMILES string of the molecule is CCCCOc1c(C)c(COCCC(C)(C)N=O)nc2ccccc12. The van der Waals surface area contributed by atoms with E-state index in [9.17, 15) is 4.91 Å². The van der Waals surface area contributed by atoms with Gasteiger partial charge in [-0.05, 0) is 45.7 Å². The van der Waals surface area contributed by atoms with Crippen LogP contribution in [0.2, 0.25) is 0 Å². The van der Waals surface area contributed by atoms with Crippen molar-refractivity contribution in [1.29, 1.82) is 0 Å². The minimum absolute atomic E-state index is 0.399. The lowest BCUT2D eigenvalue weighted by Gasteiger charge is -2.17. The molecule has 0 radical (unpaired) electrons. The normalized spacial score (nSPS) is 11.7. The van der Waals surface area contributed by atoms with Gasteiger partial charge in [0, 0.05) is 17.6 Å². The third-order valence-electron chi connectivity index (χ3n) is 4.27. The lowest BCUT2D eigenvalue weighted by Crippen LogP contribution is -2.18. The van der Waals surface area contributed by atoms with Crippen molar-refractivity contribution in [2.75, 3.05) is 13.2 Å². The van der Waals surface area contributed by atoms with E-state index in [2.05, 4.69) is 12.1 Å². The number of ether oxygens (including phenoxy) is 2. The standard InChI is InChI=1S/C20H28N2O3/c1-5-6-12-25-19-15(2)18(14-24-13-11-20(3,4)22-23)21-17-10-8-7-9-16(17)19/h7-10H,5-6,11-14H2,1-4H3. The highest BCUT2D eigenvalue weighted by Crippen LogP contribution is 2.31. The van der Waals surface area contributed by atoms with Gasteiger partial charge in [0.1, 0.15) is 5.75 Å². The number of unbranched alkanes of at least 4 members (excludes halogenated alkanes) is 1. The molecule has 25 heavy (non-hydrogen) atoms. The molecule has 0 unspecified atom stereocenters. The minimum atomic E-state index is -0.597. The summed E-state index contributed by atoms with van der Waals surface area (Å²) in [5.41, 5.74) is 2.21. The number of para-hydroxylation sites is 1. The quantitative estimate of drug-likeness (QED) is 0.440.